The molecule has 1 amide bonds. The molecule has 6 heteroatoms. The van der Waals surface area contributed by atoms with E-state index in [1.54, 1.807) is 7.11 Å². The molecule has 0 saturated carbocycles. The lowest BCUT2D eigenvalue weighted by Gasteiger charge is -2.36. The maximum Gasteiger partial charge on any atom is 0.230 e. The van der Waals surface area contributed by atoms with Gasteiger partial charge in [-0.3, -0.25) is 4.79 Å². The number of hydrogen-bond donors (Lipinski definition) is 0. The standard InChI is InChI=1S/C26H31N3O3/c1-19(2)17-21-24(32-26(27-21)20-9-5-4-6-10-20)18-25(30)29-15-13-28(14-16-29)22-11-7-8-12-23(22)31-3/h4-12,19H,13-18H2,1-3H3. The third kappa shape index (κ3) is 4.96. The maximum atomic E-state index is 13.1. The van der Waals surface area contributed by atoms with Crippen LogP contribution in [-0.2, 0) is 17.6 Å². The van der Waals surface area contributed by atoms with Crippen molar-refractivity contribution in [3.63, 3.8) is 0 Å². The fourth-order valence-electron chi connectivity index (χ4n) is 4.11. The summed E-state index contributed by atoms with van der Waals surface area (Å²) in [6.07, 6.45) is 1.04. The highest BCUT2D eigenvalue weighted by Gasteiger charge is 2.25. The van der Waals surface area contributed by atoms with Gasteiger partial charge in [0, 0.05) is 31.7 Å². The fourth-order valence-corrected chi connectivity index (χ4v) is 4.11. The number of benzene rings is 2. The number of hydrogen-bond acceptors (Lipinski definition) is 5. The number of carbonyl (C=O) groups is 1. The molecular weight excluding hydrogens is 402 g/mol. The molecule has 0 N–H and O–H groups in total. The zero-order valence-electron chi connectivity index (χ0n) is 19.1. The summed E-state index contributed by atoms with van der Waals surface area (Å²) in [4.78, 5) is 22.0. The number of anilines is 1. The average molecular weight is 434 g/mol. The summed E-state index contributed by atoms with van der Waals surface area (Å²) in [7, 11) is 1.69. The van der Waals surface area contributed by atoms with Crippen LogP contribution < -0.4 is 9.64 Å². The van der Waals surface area contributed by atoms with Gasteiger partial charge in [-0.25, -0.2) is 4.98 Å². The third-order valence-corrected chi connectivity index (χ3v) is 5.77. The summed E-state index contributed by atoms with van der Waals surface area (Å²) in [5.41, 5.74) is 2.89. The molecule has 2 aromatic carbocycles. The van der Waals surface area contributed by atoms with Crippen LogP contribution in [0.15, 0.2) is 59.0 Å². The Morgan fingerprint density at radius 3 is 2.41 bits per heavy atom. The number of nitrogens with zero attached hydrogens (tertiary/aromatic N) is 3. The minimum Gasteiger partial charge on any atom is -0.495 e. The molecule has 4 rings (SSSR count). The van der Waals surface area contributed by atoms with Gasteiger partial charge >= 0.3 is 0 Å². The largest absolute Gasteiger partial charge is 0.495 e. The Morgan fingerprint density at radius 1 is 1.03 bits per heavy atom. The van der Waals surface area contributed by atoms with Crippen molar-refractivity contribution < 1.29 is 13.9 Å². The Balaban J connectivity index is 1.44. The molecule has 1 aromatic heterocycles. The molecule has 1 fully saturated rings. The van der Waals surface area contributed by atoms with Crippen molar-refractivity contribution in [2.75, 3.05) is 38.2 Å². The van der Waals surface area contributed by atoms with E-state index in [4.69, 9.17) is 14.1 Å². The highest BCUT2D eigenvalue weighted by Crippen LogP contribution is 2.29. The van der Waals surface area contributed by atoms with E-state index in [2.05, 4.69) is 24.8 Å². The van der Waals surface area contributed by atoms with Crippen molar-refractivity contribution in [2.45, 2.75) is 26.7 Å². The van der Waals surface area contributed by atoms with Crippen molar-refractivity contribution in [1.29, 1.82) is 0 Å². The van der Waals surface area contributed by atoms with Gasteiger partial charge in [0.2, 0.25) is 11.8 Å². The van der Waals surface area contributed by atoms with Gasteiger partial charge in [-0.15, -0.1) is 0 Å². The van der Waals surface area contributed by atoms with Gasteiger partial charge in [-0.1, -0.05) is 44.2 Å². The van der Waals surface area contributed by atoms with Gasteiger partial charge in [0.25, 0.3) is 0 Å². The highest BCUT2D eigenvalue weighted by atomic mass is 16.5. The van der Waals surface area contributed by atoms with E-state index in [0.717, 1.165) is 42.2 Å². The second-order valence-corrected chi connectivity index (χ2v) is 8.57. The van der Waals surface area contributed by atoms with Gasteiger partial charge in [-0.05, 0) is 36.6 Å². The first-order chi connectivity index (χ1) is 15.5. The highest BCUT2D eigenvalue weighted by molar-refractivity contribution is 5.79. The molecule has 0 atom stereocenters. The van der Waals surface area contributed by atoms with Crippen molar-refractivity contribution in [3.05, 3.63) is 66.1 Å². The first-order valence-corrected chi connectivity index (χ1v) is 11.2. The third-order valence-electron chi connectivity index (χ3n) is 5.77. The quantitative estimate of drug-likeness (QED) is 0.551. The van der Waals surface area contributed by atoms with E-state index < -0.39 is 0 Å². The zero-order chi connectivity index (χ0) is 22.5. The minimum atomic E-state index is 0.0884. The molecule has 1 aliphatic rings. The lowest BCUT2D eigenvalue weighted by atomic mass is 10.1. The van der Waals surface area contributed by atoms with Gasteiger partial charge in [-0.2, -0.15) is 0 Å². The number of oxazole rings is 1. The molecule has 32 heavy (non-hydrogen) atoms. The molecule has 0 radical (unpaired) electrons. The Kier molecular flexibility index (Phi) is 6.78. The fraction of sp³-hybridized carbons (Fsp3) is 0.385. The summed E-state index contributed by atoms with van der Waals surface area (Å²) in [6, 6.07) is 17.9. The topological polar surface area (TPSA) is 58.8 Å². The molecule has 6 nitrogen and oxygen atoms in total. The van der Waals surface area contributed by atoms with E-state index in [0.29, 0.717) is 30.7 Å². The molecule has 3 aromatic rings. The number of para-hydroxylation sites is 2. The normalized spacial score (nSPS) is 14.1. The van der Waals surface area contributed by atoms with Gasteiger partial charge in [0.15, 0.2) is 0 Å². The van der Waals surface area contributed by atoms with E-state index in [1.165, 1.54) is 0 Å². The number of ether oxygens (including phenoxy) is 1. The van der Waals surface area contributed by atoms with Gasteiger partial charge in [0.1, 0.15) is 11.5 Å². The van der Waals surface area contributed by atoms with Crippen LogP contribution >= 0.6 is 0 Å². The van der Waals surface area contributed by atoms with E-state index >= 15 is 0 Å². The second kappa shape index (κ2) is 9.90. The summed E-state index contributed by atoms with van der Waals surface area (Å²) in [5.74, 6) is 2.66. The molecule has 0 spiro atoms. The van der Waals surface area contributed by atoms with Crippen LogP contribution in [0.1, 0.15) is 25.3 Å². The van der Waals surface area contributed by atoms with Crippen LogP contribution in [0.4, 0.5) is 5.69 Å². The van der Waals surface area contributed by atoms with Crippen molar-refractivity contribution >= 4 is 11.6 Å². The van der Waals surface area contributed by atoms with Gasteiger partial charge in [0.05, 0.1) is 24.9 Å². The number of piperazine rings is 1. The van der Waals surface area contributed by atoms with Gasteiger partial charge < -0.3 is 19.0 Å². The molecular formula is C26H31N3O3. The maximum absolute atomic E-state index is 13.1. The van der Waals surface area contributed by atoms with E-state index in [-0.39, 0.29) is 12.3 Å². The van der Waals surface area contributed by atoms with Crippen LogP contribution in [0.5, 0.6) is 5.75 Å². The van der Waals surface area contributed by atoms with Crippen LogP contribution in [0.25, 0.3) is 11.5 Å². The van der Waals surface area contributed by atoms with E-state index in [9.17, 15) is 4.79 Å². The average Bonchev–Trinajstić information content (AvgIpc) is 3.21. The molecule has 168 valence electrons. The van der Waals surface area contributed by atoms with Crippen LogP contribution in [0.3, 0.4) is 0 Å². The second-order valence-electron chi connectivity index (χ2n) is 8.57. The summed E-state index contributed by atoms with van der Waals surface area (Å²) in [5, 5.41) is 0. The molecule has 1 aliphatic heterocycles. The lowest BCUT2D eigenvalue weighted by Crippen LogP contribution is -2.49. The predicted molar refractivity (Wildman–Crippen MR) is 126 cm³/mol. The smallest absolute Gasteiger partial charge is 0.230 e. The number of carbonyl (C=O) groups excluding carboxylic acids is 1. The first kappa shape index (κ1) is 21.9. The Labute approximate surface area is 189 Å². The van der Waals surface area contributed by atoms with Crippen molar-refractivity contribution in [2.24, 2.45) is 5.92 Å². The van der Waals surface area contributed by atoms with Crippen LogP contribution in [0, 0.1) is 5.92 Å². The Morgan fingerprint density at radius 2 is 1.72 bits per heavy atom. The monoisotopic (exact) mass is 433 g/mol. The lowest BCUT2D eigenvalue weighted by molar-refractivity contribution is -0.131. The minimum absolute atomic E-state index is 0.0884. The summed E-state index contributed by atoms with van der Waals surface area (Å²) < 4.78 is 11.6. The van der Waals surface area contributed by atoms with Crippen molar-refractivity contribution in [1.82, 2.24) is 9.88 Å². The van der Waals surface area contributed by atoms with Crippen LogP contribution in [0.2, 0.25) is 0 Å². The van der Waals surface area contributed by atoms with E-state index in [1.807, 2.05) is 53.4 Å². The SMILES string of the molecule is COc1ccccc1N1CCN(C(=O)Cc2oc(-c3ccccc3)nc2CC(C)C)CC1. The molecule has 2 heterocycles. The number of aromatic nitrogens is 1. The van der Waals surface area contributed by atoms with Crippen LogP contribution in [-0.4, -0.2) is 49.1 Å². The molecule has 0 bridgehead atoms. The summed E-state index contributed by atoms with van der Waals surface area (Å²) >= 11 is 0. The molecule has 1 saturated heterocycles. The predicted octanol–water partition coefficient (Wildman–Crippen LogP) is 4.44. The molecule has 0 aliphatic carbocycles. The molecule has 0 unspecified atom stereocenters. The Hall–Kier alpha value is -3.28. The number of rotatable bonds is 7. The zero-order valence-corrected chi connectivity index (χ0v) is 19.1. The Bertz CT molecular complexity index is 1040. The first-order valence-electron chi connectivity index (χ1n) is 11.2. The summed E-state index contributed by atoms with van der Waals surface area (Å²) in [6.45, 7) is 7.21. The number of amides is 1. The van der Waals surface area contributed by atoms with Crippen molar-refractivity contribution in [3.8, 4) is 17.2 Å². The number of methoxy groups -OCH3 is 1.